The Morgan fingerprint density at radius 2 is 0.902 bits per heavy atom. The number of benzene rings is 6. The van der Waals surface area contributed by atoms with E-state index in [1.807, 2.05) is 0 Å². The van der Waals surface area contributed by atoms with Crippen molar-refractivity contribution in [3.63, 3.8) is 0 Å². The minimum Gasteiger partial charge on any atom is -0.0751 e. The summed E-state index contributed by atoms with van der Waals surface area (Å²) in [7, 11) is 0. The predicted molar refractivity (Wildman–Crippen MR) is 171 cm³/mol. The van der Waals surface area contributed by atoms with E-state index in [4.69, 9.17) is 0 Å². The summed E-state index contributed by atoms with van der Waals surface area (Å²) in [5.74, 6) is 0.243. The van der Waals surface area contributed by atoms with Crippen molar-refractivity contribution in [1.29, 1.82) is 0 Å². The lowest BCUT2D eigenvalue weighted by Crippen LogP contribution is -2.40. The van der Waals surface area contributed by atoms with Crippen LogP contribution < -0.4 is 0 Å². The second-order valence-electron chi connectivity index (χ2n) is 11.2. The van der Waals surface area contributed by atoms with Gasteiger partial charge >= 0.3 is 0 Å². The van der Waals surface area contributed by atoms with Crippen molar-refractivity contribution in [1.82, 2.24) is 0 Å². The van der Waals surface area contributed by atoms with Crippen LogP contribution in [0.2, 0.25) is 0 Å². The molecule has 0 aromatic heterocycles. The minimum atomic E-state index is -0.391. The Kier molecular flexibility index (Phi) is 5.60. The van der Waals surface area contributed by atoms with Crippen molar-refractivity contribution in [3.8, 4) is 22.3 Å². The average Bonchev–Trinajstić information content (AvgIpc) is 3.64. The van der Waals surface area contributed by atoms with Crippen molar-refractivity contribution in [2.24, 2.45) is 0 Å². The van der Waals surface area contributed by atoms with Gasteiger partial charge < -0.3 is 0 Å². The van der Waals surface area contributed by atoms with Gasteiger partial charge in [-0.2, -0.15) is 0 Å². The Labute approximate surface area is 242 Å². The van der Waals surface area contributed by atoms with E-state index >= 15 is 0 Å². The number of allylic oxidation sites excluding steroid dienone is 1. The van der Waals surface area contributed by atoms with Gasteiger partial charge in [0.15, 0.2) is 0 Å². The lowest BCUT2D eigenvalue weighted by molar-refractivity contribution is 0.417. The Balaban J connectivity index is 1.51. The molecule has 0 radical (unpaired) electrons. The van der Waals surface area contributed by atoms with Crippen molar-refractivity contribution in [2.75, 3.05) is 0 Å². The molecule has 1 atom stereocenters. The molecule has 2 aliphatic carbocycles. The molecule has 0 heteroatoms. The van der Waals surface area contributed by atoms with Crippen LogP contribution in [0, 0.1) is 0 Å². The van der Waals surface area contributed by atoms with E-state index in [1.165, 1.54) is 55.6 Å². The summed E-state index contributed by atoms with van der Waals surface area (Å²) in [5.41, 5.74) is 13.1. The first-order valence-electron chi connectivity index (χ1n) is 14.5. The Morgan fingerprint density at radius 1 is 0.415 bits per heavy atom. The second-order valence-corrected chi connectivity index (χ2v) is 11.2. The molecule has 41 heavy (non-hydrogen) atoms. The first-order chi connectivity index (χ1) is 20.4. The van der Waals surface area contributed by atoms with Gasteiger partial charge in [-0.15, -0.1) is 0 Å². The van der Waals surface area contributed by atoms with Gasteiger partial charge in [0.05, 0.1) is 0 Å². The van der Waals surface area contributed by atoms with Crippen LogP contribution in [0.1, 0.15) is 45.2 Å². The zero-order valence-corrected chi connectivity index (χ0v) is 22.8. The summed E-state index contributed by atoms with van der Waals surface area (Å²) in [5, 5.41) is 0. The van der Waals surface area contributed by atoms with Crippen LogP contribution in [0.3, 0.4) is 0 Å². The highest BCUT2D eigenvalue weighted by molar-refractivity contribution is 5.83. The van der Waals surface area contributed by atoms with E-state index in [-0.39, 0.29) is 11.8 Å². The fraction of sp³-hybridized carbons (Fsp3) is 0.0732. The van der Waals surface area contributed by atoms with E-state index in [0.29, 0.717) is 0 Å². The van der Waals surface area contributed by atoms with Crippen LogP contribution in [0.4, 0.5) is 0 Å². The van der Waals surface area contributed by atoms with E-state index in [2.05, 4.69) is 170 Å². The van der Waals surface area contributed by atoms with Crippen LogP contribution >= 0.6 is 0 Å². The lowest BCUT2D eigenvalue weighted by Gasteiger charge is -2.46. The first-order valence-corrected chi connectivity index (χ1v) is 14.5. The molecule has 194 valence electrons. The second kappa shape index (κ2) is 9.61. The monoisotopic (exact) mass is 522 g/mol. The SMILES string of the molecule is C1=CC(C(c2ccccc2)(c2ccccc2)C2c3ccccc3-c3ccccc32)c2c1cccc2-c1ccccc1. The van der Waals surface area contributed by atoms with Crippen molar-refractivity contribution in [2.45, 2.75) is 17.3 Å². The maximum atomic E-state index is 2.49. The normalized spacial score (nSPS) is 15.4. The lowest BCUT2D eigenvalue weighted by atomic mass is 9.55. The number of hydrogen-bond donors (Lipinski definition) is 0. The summed E-state index contributed by atoms with van der Waals surface area (Å²) in [6.45, 7) is 0. The number of rotatable bonds is 5. The molecule has 0 heterocycles. The molecule has 0 amide bonds. The van der Waals surface area contributed by atoms with Gasteiger partial charge in [-0.3, -0.25) is 0 Å². The fourth-order valence-corrected chi connectivity index (χ4v) is 7.73. The average molecular weight is 523 g/mol. The van der Waals surface area contributed by atoms with E-state index < -0.39 is 5.41 Å². The zero-order chi connectivity index (χ0) is 27.2. The zero-order valence-electron chi connectivity index (χ0n) is 22.8. The van der Waals surface area contributed by atoms with Crippen LogP contribution in [0.5, 0.6) is 0 Å². The minimum absolute atomic E-state index is 0.114. The largest absolute Gasteiger partial charge is 0.0751 e. The summed E-state index contributed by atoms with van der Waals surface area (Å²) >= 11 is 0. The van der Waals surface area contributed by atoms with Crippen LogP contribution in [-0.2, 0) is 5.41 Å². The van der Waals surface area contributed by atoms with Gasteiger partial charge in [-0.1, -0.05) is 170 Å². The molecule has 1 unspecified atom stereocenters. The molecule has 2 aliphatic rings. The van der Waals surface area contributed by atoms with Crippen LogP contribution in [0.25, 0.3) is 28.3 Å². The van der Waals surface area contributed by atoms with Crippen molar-refractivity contribution >= 4 is 6.08 Å². The van der Waals surface area contributed by atoms with Gasteiger partial charge in [0.2, 0.25) is 0 Å². The van der Waals surface area contributed by atoms with Gasteiger partial charge in [0.1, 0.15) is 0 Å². The highest BCUT2D eigenvalue weighted by Crippen LogP contribution is 2.63. The van der Waals surface area contributed by atoms with E-state index in [9.17, 15) is 0 Å². The third-order valence-electron chi connectivity index (χ3n) is 9.29. The summed E-state index contributed by atoms with van der Waals surface area (Å²) in [6.07, 6.45) is 4.85. The number of hydrogen-bond acceptors (Lipinski definition) is 0. The summed E-state index contributed by atoms with van der Waals surface area (Å²) in [4.78, 5) is 0. The maximum absolute atomic E-state index is 2.49. The molecule has 0 bridgehead atoms. The standard InChI is InChI=1S/C41H30/c1-4-15-29(16-5-1)33-26-14-17-30-27-28-38(39(30)33)41(31-18-6-2-7-19-31,32-20-8-3-9-21-32)40-36-24-12-10-22-34(36)35-23-11-13-25-37(35)40/h1-28,38,40H. The predicted octanol–water partition coefficient (Wildman–Crippen LogP) is 10.3. The van der Waals surface area contributed by atoms with Crippen LogP contribution in [-0.4, -0.2) is 0 Å². The molecule has 0 nitrogen and oxygen atoms in total. The smallest absolute Gasteiger partial charge is 0.0415 e. The highest BCUT2D eigenvalue weighted by atomic mass is 14.5. The quantitative estimate of drug-likeness (QED) is 0.211. The van der Waals surface area contributed by atoms with E-state index in [1.54, 1.807) is 0 Å². The molecule has 0 fully saturated rings. The molecule has 0 aliphatic heterocycles. The molecule has 0 saturated carbocycles. The molecule has 0 spiro atoms. The highest BCUT2D eigenvalue weighted by Gasteiger charge is 2.53. The van der Waals surface area contributed by atoms with Crippen LogP contribution in [0.15, 0.2) is 164 Å². The Bertz CT molecular complexity index is 1790. The molecular formula is C41H30. The summed E-state index contributed by atoms with van der Waals surface area (Å²) < 4.78 is 0. The van der Waals surface area contributed by atoms with Gasteiger partial charge in [-0.25, -0.2) is 0 Å². The first kappa shape index (κ1) is 23.9. The molecular weight excluding hydrogens is 492 g/mol. The molecule has 8 rings (SSSR count). The third kappa shape index (κ3) is 3.54. The molecule has 6 aromatic rings. The fourth-order valence-electron chi connectivity index (χ4n) is 7.73. The Hall–Kier alpha value is -4.94. The topological polar surface area (TPSA) is 0 Å². The Morgan fingerprint density at radius 3 is 1.49 bits per heavy atom. The third-order valence-corrected chi connectivity index (χ3v) is 9.29. The summed E-state index contributed by atoms with van der Waals surface area (Å²) in [6, 6.07) is 58.4. The van der Waals surface area contributed by atoms with E-state index in [0.717, 1.165) is 0 Å². The van der Waals surface area contributed by atoms with Gasteiger partial charge in [-0.05, 0) is 55.6 Å². The number of fused-ring (bicyclic) bond motifs is 4. The molecule has 6 aromatic carbocycles. The van der Waals surface area contributed by atoms with Crippen molar-refractivity contribution in [3.05, 3.63) is 197 Å². The maximum Gasteiger partial charge on any atom is 0.0415 e. The van der Waals surface area contributed by atoms with Gasteiger partial charge in [0, 0.05) is 17.3 Å². The molecule has 0 saturated heterocycles. The van der Waals surface area contributed by atoms with Gasteiger partial charge in [0.25, 0.3) is 0 Å². The molecule has 0 N–H and O–H groups in total. The van der Waals surface area contributed by atoms with Crippen molar-refractivity contribution < 1.29 is 0 Å².